The summed E-state index contributed by atoms with van der Waals surface area (Å²) in [6.45, 7) is 2.27. The zero-order chi connectivity index (χ0) is 14.5. The predicted molar refractivity (Wildman–Crippen MR) is 82.5 cm³/mol. The highest BCUT2D eigenvalue weighted by Gasteiger charge is 2.15. The third-order valence-corrected chi connectivity index (χ3v) is 4.16. The minimum Gasteiger partial charge on any atom is -0.339 e. The summed E-state index contributed by atoms with van der Waals surface area (Å²) in [5.41, 5.74) is 1.10. The van der Waals surface area contributed by atoms with Crippen molar-refractivity contribution in [2.24, 2.45) is 5.92 Å². The molecule has 0 spiro atoms. The van der Waals surface area contributed by atoms with Crippen LogP contribution in [0.4, 0.5) is 0 Å². The van der Waals surface area contributed by atoms with E-state index in [0.717, 1.165) is 54.2 Å². The first-order chi connectivity index (χ1) is 10.3. The standard InChI is InChI=1S/C16H20ClN3O/c17-14-5-1-3-13(9-14)10-15-19-16(21-20-15)7-6-12-4-2-8-18-11-12/h1,3,5,9,12,18H,2,4,6-8,10-11H2. The summed E-state index contributed by atoms with van der Waals surface area (Å²) in [5.74, 6) is 2.22. The first-order valence-electron chi connectivity index (χ1n) is 7.56. The lowest BCUT2D eigenvalue weighted by molar-refractivity contribution is 0.326. The largest absolute Gasteiger partial charge is 0.339 e. The molecule has 2 aromatic rings. The Morgan fingerprint density at radius 3 is 3.14 bits per heavy atom. The van der Waals surface area contributed by atoms with Gasteiger partial charge in [0, 0.05) is 17.9 Å². The molecule has 1 aliphatic heterocycles. The van der Waals surface area contributed by atoms with Gasteiger partial charge in [-0.05, 0) is 56.0 Å². The molecule has 1 aromatic carbocycles. The second-order valence-electron chi connectivity index (χ2n) is 5.66. The van der Waals surface area contributed by atoms with Crippen LogP contribution in [0.1, 0.15) is 36.5 Å². The van der Waals surface area contributed by atoms with Crippen molar-refractivity contribution in [2.45, 2.75) is 32.1 Å². The Labute approximate surface area is 129 Å². The molecule has 0 amide bonds. The Balaban J connectivity index is 1.53. The molecular weight excluding hydrogens is 286 g/mol. The van der Waals surface area contributed by atoms with E-state index in [9.17, 15) is 0 Å². The molecule has 1 aliphatic rings. The van der Waals surface area contributed by atoms with Gasteiger partial charge in [-0.1, -0.05) is 28.9 Å². The van der Waals surface area contributed by atoms with E-state index in [4.69, 9.17) is 16.1 Å². The van der Waals surface area contributed by atoms with Crippen LogP contribution in [-0.4, -0.2) is 23.2 Å². The summed E-state index contributed by atoms with van der Waals surface area (Å²) in [6, 6.07) is 7.76. The van der Waals surface area contributed by atoms with E-state index < -0.39 is 0 Å². The van der Waals surface area contributed by atoms with Gasteiger partial charge in [-0.15, -0.1) is 0 Å². The second kappa shape index (κ2) is 7.05. The number of aromatic nitrogens is 2. The lowest BCUT2D eigenvalue weighted by Crippen LogP contribution is -2.29. The zero-order valence-corrected chi connectivity index (χ0v) is 12.8. The minimum absolute atomic E-state index is 0.662. The molecule has 0 aliphatic carbocycles. The van der Waals surface area contributed by atoms with E-state index in [1.165, 1.54) is 12.8 Å². The van der Waals surface area contributed by atoms with Crippen LogP contribution < -0.4 is 5.32 Å². The Kier molecular flexibility index (Phi) is 4.88. The molecule has 1 saturated heterocycles. The van der Waals surface area contributed by atoms with E-state index >= 15 is 0 Å². The predicted octanol–water partition coefficient (Wildman–Crippen LogP) is 3.25. The van der Waals surface area contributed by atoms with Crippen LogP contribution in [0.5, 0.6) is 0 Å². The topological polar surface area (TPSA) is 51.0 Å². The molecule has 1 aromatic heterocycles. The molecular formula is C16H20ClN3O. The SMILES string of the molecule is Clc1cccc(Cc2noc(CCC3CCCNC3)n2)c1. The van der Waals surface area contributed by atoms with Gasteiger partial charge < -0.3 is 9.84 Å². The summed E-state index contributed by atoms with van der Waals surface area (Å²) in [4.78, 5) is 4.48. The molecule has 2 heterocycles. The van der Waals surface area contributed by atoms with Crippen molar-refractivity contribution in [1.82, 2.24) is 15.5 Å². The first kappa shape index (κ1) is 14.5. The van der Waals surface area contributed by atoms with Gasteiger partial charge in [-0.25, -0.2) is 0 Å². The maximum absolute atomic E-state index is 5.98. The van der Waals surface area contributed by atoms with E-state index in [2.05, 4.69) is 15.5 Å². The number of nitrogens with one attached hydrogen (secondary N) is 1. The van der Waals surface area contributed by atoms with Gasteiger partial charge in [0.15, 0.2) is 5.82 Å². The molecule has 0 radical (unpaired) electrons. The number of rotatable bonds is 5. The number of hydrogen-bond acceptors (Lipinski definition) is 4. The van der Waals surface area contributed by atoms with E-state index in [1.54, 1.807) is 0 Å². The Bertz CT molecular complexity index is 578. The minimum atomic E-state index is 0.662. The molecule has 112 valence electrons. The van der Waals surface area contributed by atoms with Crippen molar-refractivity contribution >= 4 is 11.6 Å². The average Bonchev–Trinajstić information content (AvgIpc) is 2.94. The van der Waals surface area contributed by atoms with Gasteiger partial charge in [0.05, 0.1) is 0 Å². The van der Waals surface area contributed by atoms with Gasteiger partial charge in [0.2, 0.25) is 5.89 Å². The molecule has 0 saturated carbocycles. The van der Waals surface area contributed by atoms with Crippen molar-refractivity contribution in [3.63, 3.8) is 0 Å². The number of piperidine rings is 1. The van der Waals surface area contributed by atoms with E-state index in [-0.39, 0.29) is 0 Å². The maximum Gasteiger partial charge on any atom is 0.226 e. The van der Waals surface area contributed by atoms with E-state index in [1.807, 2.05) is 24.3 Å². The fourth-order valence-electron chi connectivity index (χ4n) is 2.79. The van der Waals surface area contributed by atoms with Crippen LogP contribution in [0.3, 0.4) is 0 Å². The molecule has 1 atom stereocenters. The molecule has 5 heteroatoms. The molecule has 21 heavy (non-hydrogen) atoms. The molecule has 3 rings (SSSR count). The molecule has 1 fully saturated rings. The van der Waals surface area contributed by atoms with Gasteiger partial charge in [0.1, 0.15) is 0 Å². The first-order valence-corrected chi connectivity index (χ1v) is 7.94. The fraction of sp³-hybridized carbons (Fsp3) is 0.500. The number of nitrogens with zero attached hydrogens (tertiary/aromatic N) is 2. The molecule has 1 unspecified atom stereocenters. The Hall–Kier alpha value is -1.39. The van der Waals surface area contributed by atoms with Crippen LogP contribution in [0.25, 0.3) is 0 Å². The van der Waals surface area contributed by atoms with Crippen LogP contribution in [-0.2, 0) is 12.8 Å². The molecule has 1 N–H and O–H groups in total. The Morgan fingerprint density at radius 1 is 1.38 bits per heavy atom. The van der Waals surface area contributed by atoms with Gasteiger partial charge >= 0.3 is 0 Å². The summed E-state index contributed by atoms with van der Waals surface area (Å²) < 4.78 is 5.34. The summed E-state index contributed by atoms with van der Waals surface area (Å²) >= 11 is 5.98. The van der Waals surface area contributed by atoms with Crippen molar-refractivity contribution in [1.29, 1.82) is 0 Å². The quantitative estimate of drug-likeness (QED) is 0.921. The van der Waals surface area contributed by atoms with Gasteiger partial charge in [-0.2, -0.15) is 4.98 Å². The summed E-state index contributed by atoms with van der Waals surface area (Å²) in [6.07, 6.45) is 5.22. The van der Waals surface area contributed by atoms with Crippen molar-refractivity contribution in [3.05, 3.63) is 46.6 Å². The highest BCUT2D eigenvalue weighted by atomic mass is 35.5. The Morgan fingerprint density at radius 2 is 2.33 bits per heavy atom. The smallest absolute Gasteiger partial charge is 0.226 e. The normalized spacial score (nSPS) is 18.8. The lowest BCUT2D eigenvalue weighted by atomic mass is 9.95. The average molecular weight is 306 g/mol. The maximum atomic E-state index is 5.98. The van der Waals surface area contributed by atoms with Crippen LogP contribution >= 0.6 is 11.6 Å². The third kappa shape index (κ3) is 4.29. The lowest BCUT2D eigenvalue weighted by Gasteiger charge is -2.21. The highest BCUT2D eigenvalue weighted by Crippen LogP contribution is 2.17. The van der Waals surface area contributed by atoms with Crippen molar-refractivity contribution < 1.29 is 4.52 Å². The highest BCUT2D eigenvalue weighted by molar-refractivity contribution is 6.30. The van der Waals surface area contributed by atoms with Gasteiger partial charge in [-0.3, -0.25) is 0 Å². The number of hydrogen-bond donors (Lipinski definition) is 1. The third-order valence-electron chi connectivity index (χ3n) is 3.93. The van der Waals surface area contributed by atoms with Crippen LogP contribution in [0.2, 0.25) is 5.02 Å². The second-order valence-corrected chi connectivity index (χ2v) is 6.10. The van der Waals surface area contributed by atoms with Crippen LogP contribution in [0.15, 0.2) is 28.8 Å². The van der Waals surface area contributed by atoms with Crippen LogP contribution in [0, 0.1) is 5.92 Å². The molecule has 4 nitrogen and oxygen atoms in total. The molecule has 0 bridgehead atoms. The van der Waals surface area contributed by atoms with Gasteiger partial charge in [0.25, 0.3) is 0 Å². The van der Waals surface area contributed by atoms with Crippen molar-refractivity contribution in [3.8, 4) is 0 Å². The van der Waals surface area contributed by atoms with Crippen molar-refractivity contribution in [2.75, 3.05) is 13.1 Å². The number of aryl methyl sites for hydroxylation is 1. The number of benzene rings is 1. The summed E-state index contributed by atoms with van der Waals surface area (Å²) in [7, 11) is 0. The van der Waals surface area contributed by atoms with E-state index in [0.29, 0.717) is 6.42 Å². The number of halogens is 1. The monoisotopic (exact) mass is 305 g/mol. The zero-order valence-electron chi connectivity index (χ0n) is 12.0. The summed E-state index contributed by atoms with van der Waals surface area (Å²) in [5, 5.41) is 8.23. The fourth-order valence-corrected chi connectivity index (χ4v) is 3.00.